The van der Waals surface area contributed by atoms with Crippen LogP contribution in [0.4, 0.5) is 0 Å². The van der Waals surface area contributed by atoms with Crippen LogP contribution < -0.4 is 15.8 Å². The van der Waals surface area contributed by atoms with Crippen LogP contribution in [0.1, 0.15) is 56.7 Å². The van der Waals surface area contributed by atoms with Gasteiger partial charge in [-0.2, -0.15) is 0 Å². The van der Waals surface area contributed by atoms with Crippen molar-refractivity contribution >= 4 is 34.5 Å². The SMILES string of the molecule is CCOC(=O)[C@@H](Cc1ccc2ccc(C(=N)N)cc2c1)c1ccc(O[C@H]2CCNC2)cc1.O=C(O)c1ccccc1.O=C(O)c1ccccc1. The number of carboxylic acid groups (broad SMARTS) is 2. The fourth-order valence-corrected chi connectivity index (χ4v) is 5.27. The van der Waals surface area contributed by atoms with Crippen molar-refractivity contribution in [1.29, 1.82) is 5.41 Å². The number of carbonyl (C=O) groups excluding carboxylic acids is 1. The Bertz CT molecular complexity index is 1830. The fraction of sp³-hybridized carbons (Fsp3) is 0.200. The third-order valence-electron chi connectivity index (χ3n) is 7.87. The van der Waals surface area contributed by atoms with Crippen LogP contribution in [0.25, 0.3) is 10.8 Å². The lowest BCUT2D eigenvalue weighted by atomic mass is 9.91. The van der Waals surface area contributed by atoms with Crippen molar-refractivity contribution in [2.24, 2.45) is 5.73 Å². The Labute approximate surface area is 291 Å². The van der Waals surface area contributed by atoms with Crippen molar-refractivity contribution in [2.75, 3.05) is 19.7 Å². The van der Waals surface area contributed by atoms with Gasteiger partial charge < -0.3 is 30.7 Å². The van der Waals surface area contributed by atoms with E-state index in [1.165, 1.54) is 0 Å². The maximum atomic E-state index is 12.8. The topological polar surface area (TPSA) is 172 Å². The lowest BCUT2D eigenvalue weighted by molar-refractivity contribution is -0.144. The van der Waals surface area contributed by atoms with Gasteiger partial charge in [-0.25, -0.2) is 9.59 Å². The second kappa shape index (κ2) is 18.5. The molecule has 1 aliphatic heterocycles. The number of carbonyl (C=O) groups is 3. The minimum Gasteiger partial charge on any atom is -0.489 e. The van der Waals surface area contributed by atoms with Crippen LogP contribution in [0.15, 0.2) is 121 Å². The number of amidine groups is 1. The van der Waals surface area contributed by atoms with Crippen molar-refractivity contribution < 1.29 is 34.1 Å². The first kappa shape index (κ1) is 36.8. The third kappa shape index (κ3) is 11.0. The van der Waals surface area contributed by atoms with Gasteiger partial charge >= 0.3 is 17.9 Å². The summed E-state index contributed by atoms with van der Waals surface area (Å²) in [5, 5.41) is 29.8. The largest absolute Gasteiger partial charge is 0.489 e. The van der Waals surface area contributed by atoms with Gasteiger partial charge in [0.25, 0.3) is 0 Å². The van der Waals surface area contributed by atoms with E-state index in [0.29, 0.717) is 29.7 Å². The molecular formula is C40H41N3O7. The third-order valence-corrected chi connectivity index (χ3v) is 7.87. The van der Waals surface area contributed by atoms with Crippen molar-refractivity contribution in [3.05, 3.63) is 149 Å². The molecular weight excluding hydrogens is 634 g/mol. The zero-order valence-corrected chi connectivity index (χ0v) is 27.8. The van der Waals surface area contributed by atoms with Crippen LogP contribution in [0.2, 0.25) is 0 Å². The number of benzene rings is 5. The van der Waals surface area contributed by atoms with Gasteiger partial charge in [-0.15, -0.1) is 0 Å². The minimum absolute atomic E-state index is 0.0393. The Hall–Kier alpha value is -6.00. The minimum atomic E-state index is -0.879. The molecule has 2 atom stereocenters. The van der Waals surface area contributed by atoms with Crippen molar-refractivity contribution in [1.82, 2.24) is 5.32 Å². The zero-order chi connectivity index (χ0) is 35.9. The van der Waals surface area contributed by atoms with Gasteiger partial charge in [0.15, 0.2) is 0 Å². The summed E-state index contributed by atoms with van der Waals surface area (Å²) < 4.78 is 11.4. The van der Waals surface area contributed by atoms with Crippen molar-refractivity contribution in [3.63, 3.8) is 0 Å². The molecule has 0 saturated carbocycles. The quantitative estimate of drug-likeness (QED) is 0.0627. The Kier molecular flexibility index (Phi) is 13.6. The molecule has 1 heterocycles. The normalized spacial score (nSPS) is 13.8. The number of aromatic carboxylic acids is 2. The van der Waals surface area contributed by atoms with Crippen LogP contribution >= 0.6 is 0 Å². The van der Waals surface area contributed by atoms with E-state index < -0.39 is 17.9 Å². The second-order valence-electron chi connectivity index (χ2n) is 11.5. The number of fused-ring (bicyclic) bond motifs is 1. The van der Waals surface area contributed by atoms with Crippen LogP contribution in [0, 0.1) is 5.41 Å². The maximum Gasteiger partial charge on any atom is 0.335 e. The number of nitrogen functional groups attached to an aromatic ring is 1. The van der Waals surface area contributed by atoms with Crippen molar-refractivity contribution in [2.45, 2.75) is 31.8 Å². The monoisotopic (exact) mass is 675 g/mol. The Morgan fingerprint density at radius 2 is 1.40 bits per heavy atom. The first-order valence-electron chi connectivity index (χ1n) is 16.2. The highest BCUT2D eigenvalue weighted by molar-refractivity contribution is 5.99. The zero-order valence-electron chi connectivity index (χ0n) is 27.8. The van der Waals surface area contributed by atoms with Gasteiger partial charge in [0.1, 0.15) is 17.7 Å². The summed E-state index contributed by atoms with van der Waals surface area (Å²) in [5.41, 5.74) is 8.91. The van der Waals surface area contributed by atoms with Crippen LogP contribution in [0.5, 0.6) is 5.75 Å². The Morgan fingerprint density at radius 3 is 1.90 bits per heavy atom. The predicted molar refractivity (Wildman–Crippen MR) is 193 cm³/mol. The fourth-order valence-electron chi connectivity index (χ4n) is 5.27. The van der Waals surface area contributed by atoms with Crippen LogP contribution in [-0.2, 0) is 16.0 Å². The lowest BCUT2D eigenvalue weighted by Crippen LogP contribution is -2.20. The summed E-state index contributed by atoms with van der Waals surface area (Å²) in [4.78, 5) is 33.2. The van der Waals surface area contributed by atoms with E-state index >= 15 is 0 Å². The van der Waals surface area contributed by atoms with E-state index in [0.717, 1.165) is 47.2 Å². The van der Waals surface area contributed by atoms with E-state index in [2.05, 4.69) is 11.4 Å². The van der Waals surface area contributed by atoms with E-state index in [1.54, 1.807) is 60.7 Å². The highest BCUT2D eigenvalue weighted by Gasteiger charge is 2.23. The molecule has 1 aliphatic rings. The van der Waals surface area contributed by atoms with Gasteiger partial charge in [-0.1, -0.05) is 78.9 Å². The van der Waals surface area contributed by atoms with Crippen molar-refractivity contribution in [3.8, 4) is 5.75 Å². The molecule has 5 aromatic rings. The Morgan fingerprint density at radius 1 is 0.800 bits per heavy atom. The molecule has 0 amide bonds. The summed E-state index contributed by atoms with van der Waals surface area (Å²) in [6.07, 6.45) is 1.71. The maximum absolute atomic E-state index is 12.8. The molecule has 5 aromatic carbocycles. The number of nitrogens with two attached hydrogens (primary N) is 1. The molecule has 258 valence electrons. The molecule has 1 saturated heterocycles. The highest BCUT2D eigenvalue weighted by atomic mass is 16.5. The predicted octanol–water partition coefficient (Wildman–Crippen LogP) is 6.52. The second-order valence-corrected chi connectivity index (χ2v) is 11.5. The van der Waals surface area contributed by atoms with Crippen LogP contribution in [0.3, 0.4) is 0 Å². The Balaban J connectivity index is 0.000000253. The summed E-state index contributed by atoms with van der Waals surface area (Å²) in [6.45, 7) is 4.00. The number of esters is 1. The van der Waals surface area contributed by atoms with Crippen LogP contribution in [-0.4, -0.2) is 59.8 Å². The molecule has 0 aromatic heterocycles. The molecule has 0 unspecified atom stereocenters. The van der Waals surface area contributed by atoms with E-state index in [9.17, 15) is 14.4 Å². The average molecular weight is 676 g/mol. The molecule has 10 nitrogen and oxygen atoms in total. The number of hydrogen-bond acceptors (Lipinski definition) is 7. The molecule has 1 fully saturated rings. The molecule has 6 rings (SSSR count). The molecule has 0 bridgehead atoms. The van der Waals surface area contributed by atoms with E-state index in [-0.39, 0.29) is 17.9 Å². The number of rotatable bonds is 10. The average Bonchev–Trinajstić information content (AvgIpc) is 3.65. The van der Waals surface area contributed by atoms with Gasteiger partial charge in [-0.05, 0) is 90.7 Å². The standard InChI is InChI=1S/C26H29N3O3.2C7H6O2/c1-2-31-26(30)24(19-7-9-22(10-8-19)32-23-11-12-29-16-23)14-17-3-4-18-5-6-20(25(27)28)15-21(18)13-17;2*8-7(9)6-4-2-1-3-5-6/h3-10,13,15,23-24,29H,2,11-12,14,16H2,1H3,(H3,27,28);2*1-5H,(H,8,9)/t23-,24-;;/m0../s1. The van der Waals surface area contributed by atoms with Gasteiger partial charge in [0.2, 0.25) is 0 Å². The summed E-state index contributed by atoms with van der Waals surface area (Å²) in [5.74, 6) is -1.56. The molecule has 6 N–H and O–H groups in total. The number of nitrogens with one attached hydrogen (secondary N) is 2. The van der Waals surface area contributed by atoms with Gasteiger partial charge in [0.05, 0.1) is 23.7 Å². The molecule has 0 spiro atoms. The lowest BCUT2D eigenvalue weighted by Gasteiger charge is -2.18. The molecule has 50 heavy (non-hydrogen) atoms. The highest BCUT2D eigenvalue weighted by Crippen LogP contribution is 2.27. The molecule has 10 heteroatoms. The summed E-state index contributed by atoms with van der Waals surface area (Å²) in [7, 11) is 0. The smallest absolute Gasteiger partial charge is 0.335 e. The first-order valence-corrected chi connectivity index (χ1v) is 16.2. The summed E-state index contributed by atoms with van der Waals surface area (Å²) >= 11 is 0. The van der Waals surface area contributed by atoms with Gasteiger partial charge in [0, 0.05) is 12.1 Å². The number of hydrogen-bond donors (Lipinski definition) is 5. The summed E-state index contributed by atoms with van der Waals surface area (Å²) in [6, 6.07) is 36.2. The molecule has 0 radical (unpaired) electrons. The number of carboxylic acids is 2. The van der Waals surface area contributed by atoms with E-state index in [4.69, 9.17) is 30.8 Å². The molecule has 0 aliphatic carbocycles. The van der Waals surface area contributed by atoms with Gasteiger partial charge in [-0.3, -0.25) is 10.2 Å². The number of ether oxygens (including phenoxy) is 2. The van der Waals surface area contributed by atoms with E-state index in [1.807, 2.05) is 61.5 Å². The first-order chi connectivity index (χ1) is 24.1.